The number of hydrogen-bond donors (Lipinski definition) is 2. The maximum absolute atomic E-state index is 13.5. The lowest BCUT2D eigenvalue weighted by Gasteiger charge is -2.13. The Labute approximate surface area is 201 Å². The summed E-state index contributed by atoms with van der Waals surface area (Å²) in [5, 5.41) is 17.8. The average molecular weight is 470 g/mol. The van der Waals surface area contributed by atoms with Gasteiger partial charge in [0.1, 0.15) is 29.3 Å². The van der Waals surface area contributed by atoms with Crippen molar-refractivity contribution < 1.29 is 9.50 Å². The summed E-state index contributed by atoms with van der Waals surface area (Å²) in [6.45, 7) is 7.60. The fourth-order valence-electron chi connectivity index (χ4n) is 3.95. The Morgan fingerprint density at radius 2 is 1.89 bits per heavy atom. The molecule has 176 valence electrons. The minimum absolute atomic E-state index is 0.162. The third kappa shape index (κ3) is 4.17. The summed E-state index contributed by atoms with van der Waals surface area (Å²) in [6.07, 6.45) is 1.62. The molecule has 0 amide bonds. The van der Waals surface area contributed by atoms with Crippen LogP contribution in [0.1, 0.15) is 24.0 Å². The number of anilines is 2. The van der Waals surface area contributed by atoms with Crippen molar-refractivity contribution in [1.82, 2.24) is 29.3 Å². The quantitative estimate of drug-likeness (QED) is 0.366. The van der Waals surface area contributed by atoms with Crippen molar-refractivity contribution in [2.24, 2.45) is 7.05 Å². The number of benzene rings is 2. The largest absolute Gasteiger partial charge is 0.392 e. The molecule has 3 aromatic heterocycles. The molecule has 0 radical (unpaired) electrons. The number of hydrogen-bond acceptors (Lipinski definition) is 6. The van der Waals surface area contributed by atoms with Crippen LogP contribution in [0.25, 0.3) is 33.8 Å². The van der Waals surface area contributed by atoms with E-state index in [4.69, 9.17) is 9.97 Å². The number of fused-ring (bicyclic) bond motifs is 1. The van der Waals surface area contributed by atoms with Crippen molar-refractivity contribution in [3.05, 3.63) is 84.3 Å². The van der Waals surface area contributed by atoms with Crippen LogP contribution >= 0.6 is 0 Å². The minimum atomic E-state index is -0.304. The highest BCUT2D eigenvalue weighted by atomic mass is 19.1. The summed E-state index contributed by atoms with van der Waals surface area (Å²) in [5.74, 6) is 1.01. The van der Waals surface area contributed by atoms with E-state index in [2.05, 4.69) is 22.0 Å². The number of allylic oxidation sites excluding steroid dienone is 1. The SMILES string of the molecule is C=C(C)c1cc(Nc2ccc(-n3cnc(C)n3)c(CO)c2)c2nc(-c3ccc(F)cc3)n(C)c2n1. The number of aromatic nitrogens is 6. The number of aliphatic hydroxyl groups is 1. The Hall–Kier alpha value is -4.37. The van der Waals surface area contributed by atoms with Gasteiger partial charge in [-0.2, -0.15) is 5.10 Å². The van der Waals surface area contributed by atoms with E-state index >= 15 is 0 Å². The molecule has 0 bridgehead atoms. The molecule has 0 unspecified atom stereocenters. The summed E-state index contributed by atoms with van der Waals surface area (Å²) in [4.78, 5) is 13.8. The Balaban J connectivity index is 1.61. The highest BCUT2D eigenvalue weighted by molar-refractivity contribution is 5.92. The fourth-order valence-corrected chi connectivity index (χ4v) is 3.95. The maximum Gasteiger partial charge on any atom is 0.162 e. The summed E-state index contributed by atoms with van der Waals surface area (Å²) in [7, 11) is 1.88. The van der Waals surface area contributed by atoms with Gasteiger partial charge in [-0.05, 0) is 68.0 Å². The molecule has 0 saturated carbocycles. The average Bonchev–Trinajstić information content (AvgIpc) is 3.43. The van der Waals surface area contributed by atoms with Gasteiger partial charge < -0.3 is 15.0 Å². The first-order chi connectivity index (χ1) is 16.8. The first-order valence-electron chi connectivity index (χ1n) is 11.0. The van der Waals surface area contributed by atoms with Crippen molar-refractivity contribution >= 4 is 28.1 Å². The second-order valence-electron chi connectivity index (χ2n) is 8.37. The van der Waals surface area contributed by atoms with E-state index in [1.54, 1.807) is 23.1 Å². The van der Waals surface area contributed by atoms with Gasteiger partial charge in [0.15, 0.2) is 5.65 Å². The molecule has 9 heteroatoms. The number of imidazole rings is 1. The zero-order valence-corrected chi connectivity index (χ0v) is 19.6. The van der Waals surface area contributed by atoms with Crippen LogP contribution in [0.5, 0.6) is 0 Å². The monoisotopic (exact) mass is 469 g/mol. The van der Waals surface area contributed by atoms with Gasteiger partial charge in [0, 0.05) is 23.9 Å². The molecule has 0 spiro atoms. The predicted octanol–water partition coefficient (Wildman–Crippen LogP) is 4.93. The minimum Gasteiger partial charge on any atom is -0.392 e. The van der Waals surface area contributed by atoms with Gasteiger partial charge in [0.05, 0.1) is 23.7 Å². The number of halogens is 1. The highest BCUT2D eigenvalue weighted by Gasteiger charge is 2.17. The zero-order valence-electron chi connectivity index (χ0n) is 19.6. The topological polar surface area (TPSA) is 93.7 Å². The van der Waals surface area contributed by atoms with Crippen LogP contribution in [0.3, 0.4) is 0 Å². The summed E-state index contributed by atoms with van der Waals surface area (Å²) < 4.78 is 17.0. The number of aryl methyl sites for hydroxylation is 2. The first kappa shape index (κ1) is 22.4. The first-order valence-corrected chi connectivity index (χ1v) is 11.0. The van der Waals surface area contributed by atoms with Crippen LogP contribution in [0.4, 0.5) is 15.8 Å². The molecule has 0 aliphatic rings. The van der Waals surface area contributed by atoms with E-state index in [9.17, 15) is 9.50 Å². The van der Waals surface area contributed by atoms with E-state index in [1.807, 2.05) is 49.7 Å². The van der Waals surface area contributed by atoms with Crippen molar-refractivity contribution in [3.63, 3.8) is 0 Å². The third-order valence-electron chi connectivity index (χ3n) is 5.75. The molecule has 0 aliphatic heterocycles. The smallest absolute Gasteiger partial charge is 0.162 e. The fraction of sp³-hybridized carbons (Fsp3) is 0.154. The standard InChI is InChI=1S/C26H24FN7O/c1-15(2)21-12-22(24-26(30-21)33(4)25(31-24)17-5-7-19(27)8-6-17)29-20-9-10-23(18(11-20)13-35)34-14-28-16(3)32-34/h5-12,14,35H,1,13H2,2-4H3,(H,29,30). The van der Waals surface area contributed by atoms with Crippen molar-refractivity contribution in [3.8, 4) is 17.1 Å². The molecule has 0 aliphatic carbocycles. The number of rotatable bonds is 6. The number of aliphatic hydroxyl groups excluding tert-OH is 1. The molecular formula is C26H24FN7O. The Morgan fingerprint density at radius 3 is 2.54 bits per heavy atom. The Bertz CT molecular complexity index is 1570. The van der Waals surface area contributed by atoms with Gasteiger partial charge in [-0.25, -0.2) is 24.0 Å². The van der Waals surface area contributed by atoms with Crippen molar-refractivity contribution in [2.45, 2.75) is 20.5 Å². The summed E-state index contributed by atoms with van der Waals surface area (Å²) >= 11 is 0. The normalized spacial score (nSPS) is 11.2. The molecule has 2 N–H and O–H groups in total. The van der Waals surface area contributed by atoms with E-state index < -0.39 is 0 Å². The van der Waals surface area contributed by atoms with Gasteiger partial charge in [-0.1, -0.05) is 6.58 Å². The summed E-state index contributed by atoms with van der Waals surface area (Å²) in [6, 6.07) is 13.8. The van der Waals surface area contributed by atoms with Gasteiger partial charge in [-0.3, -0.25) is 0 Å². The molecule has 0 atom stereocenters. The zero-order chi connectivity index (χ0) is 24.7. The molecule has 0 saturated heterocycles. The second-order valence-corrected chi connectivity index (χ2v) is 8.37. The lowest BCUT2D eigenvalue weighted by atomic mass is 10.1. The lowest BCUT2D eigenvalue weighted by Crippen LogP contribution is -2.03. The maximum atomic E-state index is 13.5. The molecule has 2 aromatic carbocycles. The summed E-state index contributed by atoms with van der Waals surface area (Å²) in [5.41, 5.74) is 6.61. The van der Waals surface area contributed by atoms with Crippen LogP contribution in [-0.4, -0.2) is 34.4 Å². The van der Waals surface area contributed by atoms with E-state index in [0.717, 1.165) is 33.9 Å². The van der Waals surface area contributed by atoms with E-state index in [1.165, 1.54) is 12.1 Å². The van der Waals surface area contributed by atoms with E-state index in [-0.39, 0.29) is 12.4 Å². The third-order valence-corrected chi connectivity index (χ3v) is 5.75. The molecule has 5 rings (SSSR count). The van der Waals surface area contributed by atoms with Crippen LogP contribution in [0.15, 0.2) is 61.4 Å². The molecule has 5 aromatic rings. The lowest BCUT2D eigenvalue weighted by molar-refractivity contribution is 0.281. The Kier molecular flexibility index (Phi) is 5.62. The molecular weight excluding hydrogens is 445 g/mol. The van der Waals surface area contributed by atoms with Crippen LogP contribution in [0.2, 0.25) is 0 Å². The number of nitrogens with one attached hydrogen (secondary N) is 1. The van der Waals surface area contributed by atoms with Gasteiger partial charge in [-0.15, -0.1) is 0 Å². The number of nitrogens with zero attached hydrogens (tertiary/aromatic N) is 6. The van der Waals surface area contributed by atoms with E-state index in [0.29, 0.717) is 28.4 Å². The van der Waals surface area contributed by atoms with Crippen LogP contribution in [-0.2, 0) is 13.7 Å². The molecule has 8 nitrogen and oxygen atoms in total. The predicted molar refractivity (Wildman–Crippen MR) is 134 cm³/mol. The van der Waals surface area contributed by atoms with Crippen LogP contribution in [0, 0.1) is 12.7 Å². The second kappa shape index (κ2) is 8.77. The molecule has 35 heavy (non-hydrogen) atoms. The van der Waals surface area contributed by atoms with Crippen molar-refractivity contribution in [2.75, 3.05) is 5.32 Å². The number of pyridine rings is 1. The molecule has 0 fully saturated rings. The van der Waals surface area contributed by atoms with Gasteiger partial charge in [0.2, 0.25) is 0 Å². The van der Waals surface area contributed by atoms with Crippen molar-refractivity contribution in [1.29, 1.82) is 0 Å². The van der Waals surface area contributed by atoms with Gasteiger partial charge >= 0.3 is 0 Å². The Morgan fingerprint density at radius 1 is 1.11 bits per heavy atom. The van der Waals surface area contributed by atoms with Crippen LogP contribution < -0.4 is 5.32 Å². The van der Waals surface area contributed by atoms with Gasteiger partial charge in [0.25, 0.3) is 0 Å². The molecule has 3 heterocycles. The highest BCUT2D eigenvalue weighted by Crippen LogP contribution is 2.32.